The average Bonchev–Trinajstić information content (AvgIpc) is 3.23. The van der Waals surface area contributed by atoms with Crippen LogP contribution in [0.25, 0.3) is 0 Å². The van der Waals surface area contributed by atoms with Gasteiger partial charge >= 0.3 is 35.8 Å². The van der Waals surface area contributed by atoms with E-state index in [0.717, 1.165) is 33.8 Å². The standard InChI is InChI=1S/C44H49NO13/c1-6-53-42(50)30(4)27-56-39(47)24-15-32-9-18-35(19-10-32)45(36-20-11-33(12-21-36)16-25-40(48)57-28-31(5)43(51)54-7-2)37-22-13-34(14-23-37)17-26-41(49)58-29-38(46)44(52)55-8-3/h9-14,18-23H,4-8,15-17,24-29H2,1-3H3. The molecule has 3 rings (SSSR count). The van der Waals surface area contributed by atoms with Crippen LogP contribution < -0.4 is 4.90 Å². The van der Waals surface area contributed by atoms with E-state index in [0.29, 0.717) is 19.3 Å². The van der Waals surface area contributed by atoms with Gasteiger partial charge in [-0.2, -0.15) is 0 Å². The molecule has 3 aromatic carbocycles. The van der Waals surface area contributed by atoms with Gasteiger partial charge in [0, 0.05) is 36.3 Å². The second kappa shape index (κ2) is 24.1. The molecule has 14 nitrogen and oxygen atoms in total. The Morgan fingerprint density at radius 1 is 0.431 bits per heavy atom. The number of hydrogen-bond acceptors (Lipinski definition) is 14. The first kappa shape index (κ1) is 45.8. The fourth-order valence-corrected chi connectivity index (χ4v) is 5.17. The van der Waals surface area contributed by atoms with Crippen molar-refractivity contribution in [3.8, 4) is 0 Å². The molecule has 0 saturated heterocycles. The van der Waals surface area contributed by atoms with Crippen molar-refractivity contribution in [2.45, 2.75) is 59.3 Å². The van der Waals surface area contributed by atoms with Gasteiger partial charge in [0.25, 0.3) is 5.78 Å². The van der Waals surface area contributed by atoms with Crippen molar-refractivity contribution >= 4 is 58.7 Å². The van der Waals surface area contributed by atoms with Crippen LogP contribution in [0.15, 0.2) is 97.1 Å². The molecule has 0 bridgehead atoms. The van der Waals surface area contributed by atoms with Crippen LogP contribution >= 0.6 is 0 Å². The van der Waals surface area contributed by atoms with Crippen LogP contribution in [-0.4, -0.2) is 81.2 Å². The Labute approximate surface area is 337 Å². The molecular weight excluding hydrogens is 750 g/mol. The largest absolute Gasteiger partial charge is 0.463 e. The molecule has 0 fully saturated rings. The molecule has 58 heavy (non-hydrogen) atoms. The van der Waals surface area contributed by atoms with Gasteiger partial charge in [0.2, 0.25) is 0 Å². The molecule has 3 aromatic rings. The van der Waals surface area contributed by atoms with Crippen molar-refractivity contribution in [2.24, 2.45) is 0 Å². The fourth-order valence-electron chi connectivity index (χ4n) is 5.17. The number of esters is 6. The molecule has 0 radical (unpaired) electrons. The summed E-state index contributed by atoms with van der Waals surface area (Å²) in [4.78, 5) is 85.7. The lowest BCUT2D eigenvalue weighted by molar-refractivity contribution is -0.158. The highest BCUT2D eigenvalue weighted by Gasteiger charge is 2.18. The fraction of sp³-hybridized carbons (Fsp3) is 0.341. The zero-order chi connectivity index (χ0) is 42.5. The van der Waals surface area contributed by atoms with Crippen molar-refractivity contribution in [1.29, 1.82) is 0 Å². The highest BCUT2D eigenvalue weighted by Crippen LogP contribution is 2.35. The van der Waals surface area contributed by atoms with Gasteiger partial charge < -0.3 is 33.3 Å². The van der Waals surface area contributed by atoms with E-state index in [1.807, 2.05) is 77.7 Å². The normalized spacial score (nSPS) is 10.4. The number of benzene rings is 3. The molecule has 0 heterocycles. The maximum Gasteiger partial charge on any atom is 0.378 e. The highest BCUT2D eigenvalue weighted by molar-refractivity contribution is 6.34. The van der Waals surface area contributed by atoms with E-state index in [2.05, 4.69) is 17.9 Å². The lowest BCUT2D eigenvalue weighted by Gasteiger charge is -2.26. The van der Waals surface area contributed by atoms with Crippen molar-refractivity contribution in [3.63, 3.8) is 0 Å². The van der Waals surface area contributed by atoms with Gasteiger partial charge in [-0.1, -0.05) is 49.6 Å². The SMILES string of the molecule is C=C(COC(=O)CCc1ccc(N(c2ccc(CCC(=O)OCC(=C)C(=O)OCC)cc2)c2ccc(CCC(=O)OCC(=O)C(=O)OCC)cc2)cc1)C(=O)OCC. The first-order valence-corrected chi connectivity index (χ1v) is 18.8. The Morgan fingerprint density at radius 2 is 0.724 bits per heavy atom. The molecule has 0 amide bonds. The number of hydrogen-bond donors (Lipinski definition) is 0. The summed E-state index contributed by atoms with van der Waals surface area (Å²) in [6, 6.07) is 22.8. The molecule has 0 aliphatic heterocycles. The molecule has 0 aliphatic rings. The van der Waals surface area contributed by atoms with Gasteiger partial charge in [-0.25, -0.2) is 14.4 Å². The van der Waals surface area contributed by atoms with Crippen LogP contribution in [0.1, 0.15) is 56.7 Å². The maximum atomic E-state index is 12.4. The number of ether oxygens (including phenoxy) is 6. The first-order chi connectivity index (χ1) is 27.8. The topological polar surface area (TPSA) is 178 Å². The highest BCUT2D eigenvalue weighted by atomic mass is 16.6. The van der Waals surface area contributed by atoms with Crippen molar-refractivity contribution < 1.29 is 62.0 Å². The van der Waals surface area contributed by atoms with Gasteiger partial charge in [0.05, 0.1) is 31.0 Å². The minimum Gasteiger partial charge on any atom is -0.463 e. The van der Waals surface area contributed by atoms with Gasteiger partial charge in [-0.15, -0.1) is 0 Å². The number of rotatable bonds is 24. The molecule has 14 heteroatoms. The third kappa shape index (κ3) is 15.5. The number of aryl methyl sites for hydroxylation is 3. The Hall–Kier alpha value is -6.57. The maximum absolute atomic E-state index is 12.4. The Bertz CT molecular complexity index is 1690. The molecule has 0 saturated carbocycles. The molecule has 0 spiro atoms. The number of nitrogens with zero attached hydrogens (tertiary/aromatic N) is 1. The van der Waals surface area contributed by atoms with Crippen LogP contribution in [0.2, 0.25) is 0 Å². The van der Waals surface area contributed by atoms with Gasteiger partial charge in [0.1, 0.15) is 13.2 Å². The Morgan fingerprint density at radius 3 is 1.03 bits per heavy atom. The van der Waals surface area contributed by atoms with Crippen LogP contribution in [-0.2, 0) is 81.2 Å². The minimum absolute atomic E-state index is 0.0104. The number of ketones is 1. The van der Waals surface area contributed by atoms with E-state index in [1.165, 1.54) is 0 Å². The lowest BCUT2D eigenvalue weighted by Crippen LogP contribution is -2.24. The lowest BCUT2D eigenvalue weighted by atomic mass is 10.1. The van der Waals surface area contributed by atoms with E-state index in [1.54, 1.807) is 20.8 Å². The molecule has 308 valence electrons. The third-order valence-corrected chi connectivity index (χ3v) is 8.25. The average molecular weight is 800 g/mol. The van der Waals surface area contributed by atoms with E-state index in [4.69, 9.17) is 23.7 Å². The number of carbonyl (C=O) groups is 7. The number of anilines is 3. The molecule has 0 aliphatic carbocycles. The second-order valence-corrected chi connectivity index (χ2v) is 12.6. The van der Waals surface area contributed by atoms with E-state index in [-0.39, 0.29) is 63.4 Å². The molecule has 0 N–H and O–H groups in total. The van der Waals surface area contributed by atoms with Crippen LogP contribution in [0.4, 0.5) is 17.1 Å². The van der Waals surface area contributed by atoms with Crippen LogP contribution in [0.5, 0.6) is 0 Å². The predicted molar refractivity (Wildman–Crippen MR) is 212 cm³/mol. The molecular formula is C44H49NO13. The van der Waals surface area contributed by atoms with E-state index >= 15 is 0 Å². The molecule has 0 unspecified atom stereocenters. The van der Waals surface area contributed by atoms with Crippen molar-refractivity contribution in [1.82, 2.24) is 0 Å². The number of carbonyl (C=O) groups excluding carboxylic acids is 7. The smallest absolute Gasteiger partial charge is 0.378 e. The molecule has 0 atom stereocenters. The summed E-state index contributed by atoms with van der Waals surface area (Å²) in [7, 11) is 0. The Balaban J connectivity index is 1.71. The van der Waals surface area contributed by atoms with Gasteiger partial charge in [0.15, 0.2) is 6.61 Å². The van der Waals surface area contributed by atoms with Gasteiger partial charge in [-0.05, 0) is 93.1 Å². The zero-order valence-electron chi connectivity index (χ0n) is 33.1. The summed E-state index contributed by atoms with van der Waals surface area (Å²) >= 11 is 0. The Kier molecular flexibility index (Phi) is 19.1. The quantitative estimate of drug-likeness (QED) is 0.0449. The monoisotopic (exact) mass is 799 g/mol. The summed E-state index contributed by atoms with van der Waals surface area (Å²) in [6.07, 6.45) is 1.29. The minimum atomic E-state index is -1.05. The van der Waals surface area contributed by atoms with Crippen LogP contribution in [0, 0.1) is 0 Å². The van der Waals surface area contributed by atoms with Crippen molar-refractivity contribution in [2.75, 3.05) is 44.5 Å². The van der Waals surface area contributed by atoms with E-state index < -0.39 is 48.2 Å². The summed E-state index contributed by atoms with van der Waals surface area (Å²) in [5.41, 5.74) is 5.10. The summed E-state index contributed by atoms with van der Waals surface area (Å²) < 4.78 is 29.6. The second-order valence-electron chi connectivity index (χ2n) is 12.6. The van der Waals surface area contributed by atoms with Gasteiger partial charge in [-0.3, -0.25) is 19.2 Å². The molecule has 0 aromatic heterocycles. The zero-order valence-corrected chi connectivity index (χ0v) is 33.1. The van der Waals surface area contributed by atoms with Crippen LogP contribution in [0.3, 0.4) is 0 Å². The summed E-state index contributed by atoms with van der Waals surface area (Å²) in [6.45, 7) is 11.3. The summed E-state index contributed by atoms with van der Waals surface area (Å²) in [5.74, 6) is -4.80. The third-order valence-electron chi connectivity index (χ3n) is 8.25. The van der Waals surface area contributed by atoms with E-state index in [9.17, 15) is 33.6 Å². The first-order valence-electron chi connectivity index (χ1n) is 18.8. The van der Waals surface area contributed by atoms with Crippen molar-refractivity contribution in [3.05, 3.63) is 114 Å². The predicted octanol–water partition coefficient (Wildman–Crippen LogP) is 5.95. The number of Topliss-reactive ketones (excluding diaryl/α,β-unsaturated/α-hetero) is 1. The summed E-state index contributed by atoms with van der Waals surface area (Å²) in [5, 5.41) is 0.